The van der Waals surface area contributed by atoms with Crippen molar-refractivity contribution in [2.75, 3.05) is 19.8 Å². The Bertz CT molecular complexity index is 989. The quantitative estimate of drug-likeness (QED) is 0.243. The minimum absolute atomic E-state index is 0.0865. The van der Waals surface area contributed by atoms with Crippen LogP contribution in [0.1, 0.15) is 18.9 Å². The molecule has 0 radical (unpaired) electrons. The molecule has 0 aromatic heterocycles. The number of carbonyl (C=O) groups is 2. The highest BCUT2D eigenvalue weighted by atomic mass is 35.5. The summed E-state index contributed by atoms with van der Waals surface area (Å²) in [5.41, 5.74) is 0.616. The first kappa shape index (κ1) is 22.0. The van der Waals surface area contributed by atoms with Crippen LogP contribution in [-0.2, 0) is 14.3 Å². The van der Waals surface area contributed by atoms with Crippen molar-refractivity contribution < 1.29 is 19.2 Å². The Balaban J connectivity index is 1.94. The van der Waals surface area contributed by atoms with Crippen LogP contribution in [0.5, 0.6) is 0 Å². The highest BCUT2D eigenvalue weighted by Gasteiger charge is 2.39. The van der Waals surface area contributed by atoms with Crippen LogP contribution < -0.4 is 0 Å². The van der Waals surface area contributed by atoms with Crippen LogP contribution in [0.25, 0.3) is 5.57 Å². The molecular formula is C21H19ClN2O5S. The number of nitro benzene ring substituents is 1. The SMILES string of the molecule is CCOCCCN1C(=O)C(Sc2ccc(Cl)cc2)=C(c2ccc([N+](=O)[O-])cc2)C1=O. The van der Waals surface area contributed by atoms with Crippen molar-refractivity contribution in [3.05, 3.63) is 74.1 Å². The van der Waals surface area contributed by atoms with Gasteiger partial charge in [0.15, 0.2) is 0 Å². The summed E-state index contributed by atoms with van der Waals surface area (Å²) in [4.78, 5) is 38.8. The Hall–Kier alpha value is -2.68. The van der Waals surface area contributed by atoms with Crippen molar-refractivity contribution in [3.8, 4) is 0 Å². The molecule has 1 aliphatic rings. The number of nitrogens with zero attached hydrogens (tertiary/aromatic N) is 2. The summed E-state index contributed by atoms with van der Waals surface area (Å²) in [6.45, 7) is 3.12. The molecule has 156 valence electrons. The molecule has 0 aliphatic carbocycles. The van der Waals surface area contributed by atoms with Crippen molar-refractivity contribution in [2.24, 2.45) is 0 Å². The number of nitro groups is 1. The Kier molecular flexibility index (Phi) is 7.25. The molecule has 0 N–H and O–H groups in total. The number of imide groups is 1. The van der Waals surface area contributed by atoms with Gasteiger partial charge in [-0.25, -0.2) is 0 Å². The monoisotopic (exact) mass is 446 g/mol. The number of non-ortho nitro benzene ring substituents is 1. The molecule has 1 aliphatic heterocycles. The molecule has 0 fully saturated rings. The van der Waals surface area contributed by atoms with Crippen LogP contribution in [-0.4, -0.2) is 41.4 Å². The Morgan fingerprint density at radius 3 is 2.33 bits per heavy atom. The smallest absolute Gasteiger partial charge is 0.269 e. The Morgan fingerprint density at radius 2 is 1.73 bits per heavy atom. The predicted molar refractivity (Wildman–Crippen MR) is 115 cm³/mol. The average molecular weight is 447 g/mol. The van der Waals surface area contributed by atoms with Crippen LogP contribution in [0.3, 0.4) is 0 Å². The summed E-state index contributed by atoms with van der Waals surface area (Å²) in [5.74, 6) is -0.799. The van der Waals surface area contributed by atoms with Crippen LogP contribution in [0.2, 0.25) is 5.02 Å². The molecule has 0 atom stereocenters. The van der Waals surface area contributed by atoms with E-state index in [1.165, 1.54) is 40.9 Å². The minimum atomic E-state index is -0.511. The van der Waals surface area contributed by atoms with Gasteiger partial charge < -0.3 is 4.74 Å². The number of hydrogen-bond acceptors (Lipinski definition) is 6. The fourth-order valence-corrected chi connectivity index (χ4v) is 4.08. The molecule has 2 aromatic rings. The summed E-state index contributed by atoms with van der Waals surface area (Å²) in [6.07, 6.45) is 0.526. The number of rotatable bonds is 9. The number of hydrogen-bond donors (Lipinski definition) is 0. The third-order valence-electron chi connectivity index (χ3n) is 4.40. The maximum absolute atomic E-state index is 13.1. The van der Waals surface area contributed by atoms with Gasteiger partial charge in [0.1, 0.15) is 0 Å². The second-order valence-electron chi connectivity index (χ2n) is 6.38. The average Bonchev–Trinajstić information content (AvgIpc) is 2.96. The van der Waals surface area contributed by atoms with Crippen LogP contribution in [0.4, 0.5) is 5.69 Å². The summed E-state index contributed by atoms with van der Waals surface area (Å²) >= 11 is 7.11. The zero-order valence-electron chi connectivity index (χ0n) is 16.2. The lowest BCUT2D eigenvalue weighted by atomic mass is 10.1. The van der Waals surface area contributed by atoms with Gasteiger partial charge in [0, 0.05) is 41.8 Å². The third kappa shape index (κ3) is 4.89. The van der Waals surface area contributed by atoms with Crippen LogP contribution in [0.15, 0.2) is 58.3 Å². The molecule has 0 bridgehead atoms. The van der Waals surface area contributed by atoms with Gasteiger partial charge in [-0.2, -0.15) is 0 Å². The van der Waals surface area contributed by atoms with Gasteiger partial charge in [0.25, 0.3) is 17.5 Å². The largest absolute Gasteiger partial charge is 0.382 e. The summed E-state index contributed by atoms with van der Waals surface area (Å²) < 4.78 is 5.30. The van der Waals surface area contributed by atoms with E-state index < -0.39 is 10.8 Å². The lowest BCUT2D eigenvalue weighted by molar-refractivity contribution is -0.384. The first-order chi connectivity index (χ1) is 14.4. The fourth-order valence-electron chi connectivity index (χ4n) is 2.95. The van der Waals surface area contributed by atoms with Crippen molar-refractivity contribution in [1.29, 1.82) is 0 Å². The topological polar surface area (TPSA) is 89.8 Å². The van der Waals surface area contributed by atoms with Gasteiger partial charge in [-0.3, -0.25) is 24.6 Å². The molecule has 0 spiro atoms. The zero-order valence-corrected chi connectivity index (χ0v) is 17.7. The molecule has 0 saturated carbocycles. The van der Waals surface area contributed by atoms with Crippen molar-refractivity contribution in [3.63, 3.8) is 0 Å². The number of carbonyl (C=O) groups excluding carboxylic acids is 2. The van der Waals surface area contributed by atoms with Crippen molar-refractivity contribution in [2.45, 2.75) is 18.2 Å². The molecule has 9 heteroatoms. The normalized spacial score (nSPS) is 14.0. The van der Waals surface area contributed by atoms with E-state index in [4.69, 9.17) is 16.3 Å². The second kappa shape index (κ2) is 9.88. The van der Waals surface area contributed by atoms with Crippen LogP contribution >= 0.6 is 23.4 Å². The summed E-state index contributed by atoms with van der Waals surface area (Å²) in [6, 6.07) is 12.6. The summed E-state index contributed by atoms with van der Waals surface area (Å²) in [7, 11) is 0. The van der Waals surface area contributed by atoms with E-state index in [9.17, 15) is 19.7 Å². The molecule has 30 heavy (non-hydrogen) atoms. The Morgan fingerprint density at radius 1 is 1.07 bits per heavy atom. The van der Waals surface area contributed by atoms with E-state index in [1.54, 1.807) is 24.3 Å². The van der Waals surface area contributed by atoms with E-state index >= 15 is 0 Å². The lowest BCUT2D eigenvalue weighted by Gasteiger charge is -2.15. The molecule has 3 rings (SSSR count). The first-order valence-electron chi connectivity index (χ1n) is 9.28. The van der Waals surface area contributed by atoms with Gasteiger partial charge >= 0.3 is 0 Å². The van der Waals surface area contributed by atoms with Crippen molar-refractivity contribution in [1.82, 2.24) is 4.90 Å². The van der Waals surface area contributed by atoms with E-state index in [0.29, 0.717) is 30.2 Å². The number of halogens is 1. The lowest BCUT2D eigenvalue weighted by Crippen LogP contribution is -2.33. The van der Waals surface area contributed by atoms with E-state index in [1.807, 2.05) is 6.92 Å². The predicted octanol–water partition coefficient (Wildman–Crippen LogP) is 4.55. The molecule has 1 heterocycles. The van der Waals surface area contributed by atoms with E-state index in [0.717, 1.165) is 4.90 Å². The molecule has 7 nitrogen and oxygen atoms in total. The maximum Gasteiger partial charge on any atom is 0.269 e. The van der Waals surface area contributed by atoms with E-state index in [-0.39, 0.29) is 28.6 Å². The molecule has 0 unspecified atom stereocenters. The molecular weight excluding hydrogens is 428 g/mol. The van der Waals surface area contributed by atoms with Crippen LogP contribution in [0, 0.1) is 10.1 Å². The number of thioether (sulfide) groups is 1. The van der Waals surface area contributed by atoms with Gasteiger partial charge in [-0.1, -0.05) is 23.4 Å². The number of benzene rings is 2. The van der Waals surface area contributed by atoms with Gasteiger partial charge in [-0.15, -0.1) is 0 Å². The summed E-state index contributed by atoms with van der Waals surface area (Å²) in [5, 5.41) is 11.5. The maximum atomic E-state index is 13.1. The number of ether oxygens (including phenoxy) is 1. The molecule has 0 saturated heterocycles. The molecule has 2 amide bonds. The Labute approximate surface area is 182 Å². The van der Waals surface area contributed by atoms with Gasteiger partial charge in [0.2, 0.25) is 0 Å². The first-order valence-corrected chi connectivity index (χ1v) is 10.5. The standard InChI is InChI=1S/C21H19ClN2O5S/c1-2-29-13-3-12-23-20(25)18(14-4-8-16(9-5-14)24(27)28)19(21(23)26)30-17-10-6-15(22)7-11-17/h4-11H,2-3,12-13H2,1H3. The molecule has 2 aromatic carbocycles. The van der Waals surface area contributed by atoms with Gasteiger partial charge in [-0.05, 0) is 55.3 Å². The van der Waals surface area contributed by atoms with Gasteiger partial charge in [0.05, 0.1) is 15.4 Å². The highest BCUT2D eigenvalue weighted by Crippen LogP contribution is 2.40. The second-order valence-corrected chi connectivity index (χ2v) is 7.90. The minimum Gasteiger partial charge on any atom is -0.382 e. The third-order valence-corrected chi connectivity index (χ3v) is 5.74. The number of amides is 2. The highest BCUT2D eigenvalue weighted by molar-refractivity contribution is 8.04. The van der Waals surface area contributed by atoms with Crippen molar-refractivity contribution >= 4 is 46.4 Å². The zero-order chi connectivity index (χ0) is 21.7. The van der Waals surface area contributed by atoms with E-state index in [2.05, 4.69) is 0 Å². The fraction of sp³-hybridized carbons (Fsp3) is 0.238.